The molecule has 1 aromatic carbocycles. The molecule has 1 atom stereocenters. The van der Waals surface area contributed by atoms with Crippen molar-refractivity contribution < 1.29 is 4.74 Å². The number of aromatic nitrogens is 1. The van der Waals surface area contributed by atoms with Gasteiger partial charge in [-0.3, -0.25) is 0 Å². The van der Waals surface area contributed by atoms with Gasteiger partial charge in [-0.25, -0.2) is 0 Å². The van der Waals surface area contributed by atoms with E-state index in [2.05, 4.69) is 42.0 Å². The number of benzene rings is 1. The SMILES string of the molecule is Cc1cn(CC2CO2)c2ccccc12. The minimum Gasteiger partial charge on any atom is -0.371 e. The van der Waals surface area contributed by atoms with E-state index in [1.54, 1.807) is 0 Å². The highest BCUT2D eigenvalue weighted by atomic mass is 16.6. The van der Waals surface area contributed by atoms with Crippen molar-refractivity contribution in [1.82, 2.24) is 4.57 Å². The average Bonchev–Trinajstić information content (AvgIpc) is 2.95. The molecule has 1 saturated heterocycles. The van der Waals surface area contributed by atoms with Gasteiger partial charge in [0.05, 0.1) is 19.3 Å². The van der Waals surface area contributed by atoms with E-state index in [0.717, 1.165) is 13.2 Å². The maximum atomic E-state index is 5.25. The molecule has 2 nitrogen and oxygen atoms in total. The van der Waals surface area contributed by atoms with Crippen LogP contribution in [0.25, 0.3) is 10.9 Å². The average molecular weight is 187 g/mol. The molecule has 0 aliphatic carbocycles. The lowest BCUT2D eigenvalue weighted by molar-refractivity contribution is 0.385. The number of fused-ring (bicyclic) bond motifs is 1. The molecule has 1 aromatic heterocycles. The minimum atomic E-state index is 0.449. The molecule has 2 heterocycles. The van der Waals surface area contributed by atoms with Gasteiger partial charge in [-0.2, -0.15) is 0 Å². The van der Waals surface area contributed by atoms with Crippen molar-refractivity contribution in [2.24, 2.45) is 0 Å². The van der Waals surface area contributed by atoms with E-state index in [4.69, 9.17) is 4.74 Å². The highest BCUT2D eigenvalue weighted by Crippen LogP contribution is 2.22. The molecule has 1 fully saturated rings. The zero-order valence-corrected chi connectivity index (χ0v) is 8.23. The van der Waals surface area contributed by atoms with Crippen LogP contribution in [-0.2, 0) is 11.3 Å². The summed E-state index contributed by atoms with van der Waals surface area (Å²) in [5.74, 6) is 0. The van der Waals surface area contributed by atoms with Crippen LogP contribution in [0.1, 0.15) is 5.56 Å². The van der Waals surface area contributed by atoms with E-state index in [-0.39, 0.29) is 0 Å². The number of rotatable bonds is 2. The minimum absolute atomic E-state index is 0.449. The van der Waals surface area contributed by atoms with Crippen molar-refractivity contribution in [2.75, 3.05) is 6.61 Å². The quantitative estimate of drug-likeness (QED) is 0.660. The number of epoxide rings is 1. The van der Waals surface area contributed by atoms with Crippen molar-refractivity contribution in [2.45, 2.75) is 19.6 Å². The summed E-state index contributed by atoms with van der Waals surface area (Å²) >= 11 is 0. The Kier molecular flexibility index (Phi) is 1.64. The summed E-state index contributed by atoms with van der Waals surface area (Å²) in [6, 6.07) is 8.53. The van der Waals surface area contributed by atoms with Crippen LogP contribution in [-0.4, -0.2) is 17.3 Å². The number of nitrogens with zero attached hydrogens (tertiary/aromatic N) is 1. The van der Waals surface area contributed by atoms with Crippen LogP contribution in [0, 0.1) is 6.92 Å². The van der Waals surface area contributed by atoms with Crippen LogP contribution in [0.2, 0.25) is 0 Å². The van der Waals surface area contributed by atoms with Crippen molar-refractivity contribution in [3.05, 3.63) is 36.0 Å². The molecule has 0 N–H and O–H groups in total. The van der Waals surface area contributed by atoms with E-state index in [1.165, 1.54) is 16.5 Å². The van der Waals surface area contributed by atoms with Crippen molar-refractivity contribution in [3.8, 4) is 0 Å². The highest BCUT2D eigenvalue weighted by molar-refractivity contribution is 5.83. The van der Waals surface area contributed by atoms with E-state index in [9.17, 15) is 0 Å². The molecule has 3 rings (SSSR count). The molecule has 1 aliphatic rings. The Morgan fingerprint density at radius 3 is 3.00 bits per heavy atom. The highest BCUT2D eigenvalue weighted by Gasteiger charge is 2.23. The van der Waals surface area contributed by atoms with Gasteiger partial charge in [0.15, 0.2) is 0 Å². The summed E-state index contributed by atoms with van der Waals surface area (Å²) in [4.78, 5) is 0. The molecule has 0 radical (unpaired) electrons. The Morgan fingerprint density at radius 1 is 1.43 bits per heavy atom. The predicted octanol–water partition coefficient (Wildman–Crippen LogP) is 2.35. The van der Waals surface area contributed by atoms with E-state index >= 15 is 0 Å². The summed E-state index contributed by atoms with van der Waals surface area (Å²) in [5, 5.41) is 1.35. The molecule has 2 aromatic rings. The van der Waals surface area contributed by atoms with Gasteiger partial charge >= 0.3 is 0 Å². The van der Waals surface area contributed by atoms with Gasteiger partial charge in [0.2, 0.25) is 0 Å². The second kappa shape index (κ2) is 2.85. The first-order valence-electron chi connectivity index (χ1n) is 5.00. The molecule has 1 unspecified atom stereocenters. The lowest BCUT2D eigenvalue weighted by Gasteiger charge is -2.01. The number of hydrogen-bond donors (Lipinski definition) is 0. The molecule has 72 valence electrons. The Labute approximate surface area is 83.1 Å². The number of para-hydroxylation sites is 1. The Hall–Kier alpha value is -1.28. The summed E-state index contributed by atoms with van der Waals surface area (Å²) in [7, 11) is 0. The Balaban J connectivity index is 2.12. The second-order valence-corrected chi connectivity index (χ2v) is 3.94. The maximum Gasteiger partial charge on any atom is 0.0988 e. The summed E-state index contributed by atoms with van der Waals surface area (Å²) in [6.07, 6.45) is 2.66. The van der Waals surface area contributed by atoms with E-state index in [1.807, 2.05) is 0 Å². The van der Waals surface area contributed by atoms with Crippen molar-refractivity contribution in [3.63, 3.8) is 0 Å². The number of aryl methyl sites for hydroxylation is 1. The topological polar surface area (TPSA) is 17.5 Å². The standard InChI is InChI=1S/C12H13NO/c1-9-6-13(7-10-8-14-10)12-5-3-2-4-11(9)12/h2-6,10H,7-8H2,1H3. The van der Waals surface area contributed by atoms with Gasteiger partial charge in [-0.15, -0.1) is 0 Å². The van der Waals surface area contributed by atoms with Gasteiger partial charge in [-0.1, -0.05) is 18.2 Å². The first-order chi connectivity index (χ1) is 6.84. The molecule has 2 heteroatoms. The first kappa shape index (κ1) is 8.06. The molecule has 0 saturated carbocycles. The van der Waals surface area contributed by atoms with Crippen LogP contribution >= 0.6 is 0 Å². The maximum absolute atomic E-state index is 5.25. The van der Waals surface area contributed by atoms with Gasteiger partial charge in [-0.05, 0) is 18.6 Å². The number of hydrogen-bond acceptors (Lipinski definition) is 1. The molecule has 0 spiro atoms. The molecule has 14 heavy (non-hydrogen) atoms. The van der Waals surface area contributed by atoms with Gasteiger partial charge in [0, 0.05) is 17.1 Å². The van der Waals surface area contributed by atoms with Gasteiger partial charge < -0.3 is 9.30 Å². The lowest BCUT2D eigenvalue weighted by Crippen LogP contribution is -2.01. The van der Waals surface area contributed by atoms with Crippen LogP contribution in [0.3, 0.4) is 0 Å². The van der Waals surface area contributed by atoms with Crippen LogP contribution in [0.4, 0.5) is 0 Å². The van der Waals surface area contributed by atoms with Crippen molar-refractivity contribution in [1.29, 1.82) is 0 Å². The smallest absolute Gasteiger partial charge is 0.0988 e. The predicted molar refractivity (Wildman–Crippen MR) is 56.4 cm³/mol. The Bertz CT molecular complexity index is 468. The van der Waals surface area contributed by atoms with Crippen LogP contribution in [0.5, 0.6) is 0 Å². The zero-order chi connectivity index (χ0) is 9.54. The number of ether oxygens (including phenoxy) is 1. The van der Waals surface area contributed by atoms with Gasteiger partial charge in [0.1, 0.15) is 0 Å². The third-order valence-electron chi connectivity index (χ3n) is 2.79. The summed E-state index contributed by atoms with van der Waals surface area (Å²) in [6.45, 7) is 4.08. The fourth-order valence-corrected chi connectivity index (χ4v) is 1.97. The lowest BCUT2D eigenvalue weighted by atomic mass is 10.2. The fourth-order valence-electron chi connectivity index (χ4n) is 1.97. The van der Waals surface area contributed by atoms with Crippen LogP contribution < -0.4 is 0 Å². The molecule has 0 bridgehead atoms. The summed E-state index contributed by atoms with van der Waals surface area (Å²) < 4.78 is 7.54. The Morgan fingerprint density at radius 2 is 2.21 bits per heavy atom. The third kappa shape index (κ3) is 1.23. The molecular weight excluding hydrogens is 174 g/mol. The third-order valence-corrected chi connectivity index (χ3v) is 2.79. The molecule has 1 aliphatic heterocycles. The second-order valence-electron chi connectivity index (χ2n) is 3.94. The fraction of sp³-hybridized carbons (Fsp3) is 0.333. The van der Waals surface area contributed by atoms with E-state index in [0.29, 0.717) is 6.10 Å². The monoisotopic (exact) mass is 187 g/mol. The zero-order valence-electron chi connectivity index (χ0n) is 8.23. The largest absolute Gasteiger partial charge is 0.371 e. The molecule has 0 amide bonds. The summed E-state index contributed by atoms with van der Waals surface area (Å²) in [5.41, 5.74) is 2.67. The normalized spacial score (nSPS) is 20.2. The molecular formula is C12H13NO. The van der Waals surface area contributed by atoms with E-state index < -0.39 is 0 Å². The van der Waals surface area contributed by atoms with Crippen molar-refractivity contribution >= 4 is 10.9 Å². The first-order valence-corrected chi connectivity index (χ1v) is 5.00. The van der Waals surface area contributed by atoms with Gasteiger partial charge in [0.25, 0.3) is 0 Å². The van der Waals surface area contributed by atoms with Crippen LogP contribution in [0.15, 0.2) is 30.5 Å².